The van der Waals surface area contributed by atoms with Crippen LogP contribution in [0.15, 0.2) is 39.2 Å². The van der Waals surface area contributed by atoms with Crippen LogP contribution in [0.1, 0.15) is 78.3 Å². The van der Waals surface area contributed by atoms with Crippen molar-refractivity contribution < 1.29 is 52.8 Å². The van der Waals surface area contributed by atoms with E-state index < -0.39 is 35.3 Å². The highest BCUT2D eigenvalue weighted by atomic mass is 16.5. The van der Waals surface area contributed by atoms with Crippen LogP contribution in [0, 0.1) is 0 Å². The van der Waals surface area contributed by atoms with Gasteiger partial charge in [-0.3, -0.25) is 19.2 Å². The Balaban J connectivity index is 1.83. The van der Waals surface area contributed by atoms with E-state index in [1.165, 1.54) is 52.0 Å². The molecule has 0 fully saturated rings. The number of Topliss-reactive ketones (excluding diaryl/α,β-unsaturated/α-hetero) is 2. The topological polar surface area (TPSA) is 174 Å². The first-order valence-corrected chi connectivity index (χ1v) is 12.8. The molecule has 41 heavy (non-hydrogen) atoms. The third kappa shape index (κ3) is 4.61. The fourth-order valence-corrected chi connectivity index (χ4v) is 5.51. The van der Waals surface area contributed by atoms with Crippen LogP contribution in [0.5, 0.6) is 11.5 Å². The van der Waals surface area contributed by atoms with Crippen molar-refractivity contribution in [2.75, 3.05) is 13.2 Å². The molecule has 0 bridgehead atoms. The zero-order valence-corrected chi connectivity index (χ0v) is 22.8. The van der Waals surface area contributed by atoms with E-state index in [9.17, 15) is 34.5 Å². The smallest absolute Gasteiger partial charge is 0.302 e. The van der Waals surface area contributed by atoms with Gasteiger partial charge in [0.2, 0.25) is 0 Å². The summed E-state index contributed by atoms with van der Waals surface area (Å²) in [5.74, 6) is -2.31. The highest BCUT2D eigenvalue weighted by Crippen LogP contribution is 2.54. The number of phenols is 2. The lowest BCUT2D eigenvalue weighted by molar-refractivity contribution is -0.153. The third-order valence-corrected chi connectivity index (χ3v) is 7.57. The van der Waals surface area contributed by atoms with Gasteiger partial charge in [-0.2, -0.15) is 0 Å². The standard InChI is InChI=1S/C30H28O11/c1-14(31)19-10-24-18(7-22(19)35)8-26(40-24)29(12-38-16(3)33)5-6-30(37,13-39-17(4)34)28-27(29)21-9-23(36)20(15(2)32)11-25(21)41-28/h7-11,35-37H,5-6,12-13H2,1-4H3/t29-,30+/m1/s1. The molecule has 0 saturated carbocycles. The Bertz CT molecular complexity index is 1760. The zero-order chi connectivity index (χ0) is 29.9. The summed E-state index contributed by atoms with van der Waals surface area (Å²) in [6.45, 7) is 4.32. The molecule has 2 heterocycles. The number of hydrogen-bond acceptors (Lipinski definition) is 11. The fourth-order valence-electron chi connectivity index (χ4n) is 5.51. The van der Waals surface area contributed by atoms with Gasteiger partial charge in [0.25, 0.3) is 0 Å². The van der Waals surface area contributed by atoms with Gasteiger partial charge in [-0.25, -0.2) is 0 Å². The molecule has 0 spiro atoms. The predicted octanol–water partition coefficient (Wildman–Crippen LogP) is 4.39. The number of ketones is 2. The van der Waals surface area contributed by atoms with E-state index in [4.69, 9.17) is 18.3 Å². The number of carbonyl (C=O) groups excluding carboxylic acids is 4. The van der Waals surface area contributed by atoms with E-state index in [1.54, 1.807) is 6.07 Å². The Morgan fingerprint density at radius 1 is 0.780 bits per heavy atom. The van der Waals surface area contributed by atoms with Gasteiger partial charge in [0, 0.05) is 30.2 Å². The second-order valence-electron chi connectivity index (χ2n) is 10.5. The summed E-state index contributed by atoms with van der Waals surface area (Å²) in [6.07, 6.45) is 0.0706. The van der Waals surface area contributed by atoms with Gasteiger partial charge in [0.05, 0.1) is 16.5 Å². The van der Waals surface area contributed by atoms with Crippen molar-refractivity contribution in [3.8, 4) is 11.5 Å². The Morgan fingerprint density at radius 2 is 1.37 bits per heavy atom. The molecule has 2 aromatic heterocycles. The third-order valence-electron chi connectivity index (χ3n) is 7.57. The molecule has 0 radical (unpaired) electrons. The molecule has 0 saturated heterocycles. The van der Waals surface area contributed by atoms with Gasteiger partial charge >= 0.3 is 11.9 Å². The van der Waals surface area contributed by atoms with Crippen LogP contribution in [0.4, 0.5) is 0 Å². The molecule has 5 rings (SSSR count). The van der Waals surface area contributed by atoms with E-state index in [1.807, 2.05) is 0 Å². The average molecular weight is 565 g/mol. The van der Waals surface area contributed by atoms with Crippen LogP contribution < -0.4 is 0 Å². The zero-order valence-electron chi connectivity index (χ0n) is 22.8. The second kappa shape index (κ2) is 9.77. The van der Waals surface area contributed by atoms with Crippen molar-refractivity contribution in [2.24, 2.45) is 0 Å². The SMILES string of the molecule is CC(=O)OC[C@@]1(O)CC[C@@](COC(C)=O)(c2cc3cc(O)c(C(C)=O)cc3o2)c2c1oc1cc(C(C)=O)c(O)cc21. The van der Waals surface area contributed by atoms with Crippen molar-refractivity contribution >= 4 is 45.4 Å². The van der Waals surface area contributed by atoms with E-state index in [-0.39, 0.29) is 70.5 Å². The quantitative estimate of drug-likeness (QED) is 0.214. The fraction of sp³-hybridized carbons (Fsp3) is 0.333. The van der Waals surface area contributed by atoms with Gasteiger partial charge in [0.1, 0.15) is 47.4 Å². The highest BCUT2D eigenvalue weighted by molar-refractivity contribution is 6.02. The van der Waals surface area contributed by atoms with Crippen molar-refractivity contribution in [2.45, 2.75) is 51.6 Å². The number of rotatable bonds is 7. The summed E-state index contributed by atoms with van der Waals surface area (Å²) in [5.41, 5.74) is -2.32. The number of benzene rings is 2. The van der Waals surface area contributed by atoms with Crippen LogP contribution in [0.2, 0.25) is 0 Å². The largest absolute Gasteiger partial charge is 0.507 e. The normalized spacial score (nSPS) is 20.1. The molecular formula is C30H28O11. The molecular weight excluding hydrogens is 536 g/mol. The van der Waals surface area contributed by atoms with Crippen LogP contribution in [-0.2, 0) is 30.1 Å². The molecule has 3 N–H and O–H groups in total. The van der Waals surface area contributed by atoms with Gasteiger partial charge in [-0.1, -0.05) is 0 Å². The lowest BCUT2D eigenvalue weighted by Gasteiger charge is -2.41. The number of esters is 2. The minimum Gasteiger partial charge on any atom is -0.507 e. The number of aromatic hydroxyl groups is 2. The van der Waals surface area contributed by atoms with Crippen LogP contribution in [0.3, 0.4) is 0 Å². The summed E-state index contributed by atoms with van der Waals surface area (Å²) in [7, 11) is 0. The van der Waals surface area contributed by atoms with Gasteiger partial charge < -0.3 is 33.6 Å². The van der Waals surface area contributed by atoms with E-state index in [0.29, 0.717) is 16.3 Å². The van der Waals surface area contributed by atoms with Crippen molar-refractivity contribution in [3.05, 3.63) is 58.5 Å². The van der Waals surface area contributed by atoms with Crippen LogP contribution in [0.25, 0.3) is 21.9 Å². The molecule has 11 nitrogen and oxygen atoms in total. The monoisotopic (exact) mass is 564 g/mol. The molecule has 11 heteroatoms. The maximum atomic E-state index is 12.2. The first-order chi connectivity index (χ1) is 19.3. The van der Waals surface area contributed by atoms with E-state index in [2.05, 4.69) is 0 Å². The molecule has 1 aliphatic rings. The van der Waals surface area contributed by atoms with Gasteiger partial charge in [-0.15, -0.1) is 0 Å². The number of phenolic OH excluding ortho intramolecular Hbond substituents is 2. The predicted molar refractivity (Wildman–Crippen MR) is 143 cm³/mol. The number of furan rings is 2. The Labute approximate surface area is 233 Å². The van der Waals surface area contributed by atoms with Gasteiger partial charge in [-0.05, 0) is 57.0 Å². The second-order valence-corrected chi connectivity index (χ2v) is 10.5. The highest BCUT2D eigenvalue weighted by Gasteiger charge is 2.54. The lowest BCUT2D eigenvalue weighted by Crippen LogP contribution is -2.45. The molecule has 2 atom stereocenters. The number of ether oxygens (including phenoxy) is 2. The molecule has 1 aliphatic carbocycles. The first-order valence-electron chi connectivity index (χ1n) is 12.8. The minimum atomic E-state index is -1.81. The molecule has 4 aromatic rings. The molecule has 2 aromatic carbocycles. The van der Waals surface area contributed by atoms with Gasteiger partial charge in [0.15, 0.2) is 17.2 Å². The molecule has 214 valence electrons. The Hall–Kier alpha value is -4.64. The lowest BCUT2D eigenvalue weighted by atomic mass is 9.66. The summed E-state index contributed by atoms with van der Waals surface area (Å²) in [4.78, 5) is 47.9. The number of fused-ring (bicyclic) bond motifs is 4. The van der Waals surface area contributed by atoms with Crippen molar-refractivity contribution in [1.82, 2.24) is 0 Å². The number of hydrogen-bond donors (Lipinski definition) is 3. The van der Waals surface area contributed by atoms with Crippen molar-refractivity contribution in [1.29, 1.82) is 0 Å². The minimum absolute atomic E-state index is 0.00585. The first kappa shape index (κ1) is 27.9. The van der Waals surface area contributed by atoms with E-state index in [0.717, 1.165) is 0 Å². The molecule has 0 amide bonds. The van der Waals surface area contributed by atoms with E-state index >= 15 is 0 Å². The Morgan fingerprint density at radius 3 is 1.98 bits per heavy atom. The number of aliphatic hydroxyl groups is 1. The molecule has 0 aliphatic heterocycles. The summed E-state index contributed by atoms with van der Waals surface area (Å²) < 4.78 is 23.1. The average Bonchev–Trinajstić information content (AvgIpc) is 3.48. The van der Waals surface area contributed by atoms with Crippen molar-refractivity contribution in [3.63, 3.8) is 0 Å². The summed E-state index contributed by atoms with van der Waals surface area (Å²) in [6, 6.07) is 7.11. The molecule has 0 unspecified atom stereocenters. The maximum absolute atomic E-state index is 12.2. The Kier molecular flexibility index (Phi) is 6.65. The maximum Gasteiger partial charge on any atom is 0.302 e. The summed E-state index contributed by atoms with van der Waals surface area (Å²) in [5, 5.41) is 33.6. The van der Waals surface area contributed by atoms with Crippen LogP contribution in [-0.4, -0.2) is 52.0 Å². The van der Waals surface area contributed by atoms with Crippen LogP contribution >= 0.6 is 0 Å². The summed E-state index contributed by atoms with van der Waals surface area (Å²) >= 11 is 0. The number of carbonyl (C=O) groups is 4.